The van der Waals surface area contributed by atoms with Gasteiger partial charge in [-0.15, -0.1) is 0 Å². The maximum absolute atomic E-state index is 11.4. The van der Waals surface area contributed by atoms with Crippen molar-refractivity contribution in [1.82, 2.24) is 10.6 Å². The lowest BCUT2D eigenvalue weighted by atomic mass is 9.81. The van der Waals surface area contributed by atoms with Crippen molar-refractivity contribution < 1.29 is 14.4 Å². The quantitative estimate of drug-likeness (QED) is 0.557. The summed E-state index contributed by atoms with van der Waals surface area (Å²) < 4.78 is 0. The van der Waals surface area contributed by atoms with Crippen molar-refractivity contribution in [2.24, 2.45) is 28.1 Å². The summed E-state index contributed by atoms with van der Waals surface area (Å²) in [5.41, 5.74) is 0.872. The molecule has 2 unspecified atom stereocenters. The van der Waals surface area contributed by atoms with Crippen LogP contribution in [0.5, 0.6) is 0 Å². The van der Waals surface area contributed by atoms with E-state index in [1.54, 1.807) is 6.92 Å². The molecule has 5 heteroatoms. The van der Waals surface area contributed by atoms with Crippen LogP contribution in [0.1, 0.15) is 114 Å². The van der Waals surface area contributed by atoms with E-state index in [0.717, 1.165) is 58.0 Å². The Labute approximate surface area is 198 Å². The highest BCUT2D eigenvalue weighted by Gasteiger charge is 2.28. The van der Waals surface area contributed by atoms with E-state index < -0.39 is 0 Å². The molecule has 0 aromatic carbocycles. The molecule has 2 atom stereocenters. The van der Waals surface area contributed by atoms with Gasteiger partial charge in [-0.2, -0.15) is 0 Å². The second kappa shape index (κ2) is 13.3. The van der Waals surface area contributed by atoms with Crippen molar-refractivity contribution in [3.8, 4) is 0 Å². The van der Waals surface area contributed by atoms with Crippen LogP contribution in [0.2, 0.25) is 0 Å². The second-order valence-corrected chi connectivity index (χ2v) is 13.2. The normalized spacial score (nSPS) is 21.4. The fourth-order valence-electron chi connectivity index (χ4n) is 3.90. The summed E-state index contributed by atoms with van der Waals surface area (Å²) in [5.74, 6) is 1.34. The molecule has 2 fully saturated rings. The number of rotatable bonds is 4. The van der Waals surface area contributed by atoms with Crippen LogP contribution >= 0.6 is 0 Å². The zero-order valence-electron chi connectivity index (χ0n) is 22.7. The number of piperidine rings is 1. The van der Waals surface area contributed by atoms with E-state index in [0.29, 0.717) is 11.2 Å². The first kappa shape index (κ1) is 30.6. The van der Waals surface area contributed by atoms with Gasteiger partial charge in [0.15, 0.2) is 0 Å². The van der Waals surface area contributed by atoms with Crippen LogP contribution in [-0.4, -0.2) is 30.7 Å². The van der Waals surface area contributed by atoms with Crippen LogP contribution < -0.4 is 10.6 Å². The molecule has 0 aromatic heterocycles. The third-order valence-corrected chi connectivity index (χ3v) is 5.51. The molecule has 2 N–H and O–H groups in total. The number of carbonyl (C=O) groups excluding carboxylic acids is 3. The fourth-order valence-corrected chi connectivity index (χ4v) is 3.90. The number of hydrogen-bond acceptors (Lipinski definition) is 3. The van der Waals surface area contributed by atoms with Gasteiger partial charge >= 0.3 is 0 Å². The van der Waals surface area contributed by atoms with Crippen LogP contribution in [-0.2, 0) is 14.4 Å². The van der Waals surface area contributed by atoms with Gasteiger partial charge in [0.05, 0.1) is 0 Å². The van der Waals surface area contributed by atoms with Gasteiger partial charge in [0.2, 0.25) is 11.8 Å². The Kier molecular flexibility index (Phi) is 12.8. The maximum Gasteiger partial charge on any atom is 0.223 e. The van der Waals surface area contributed by atoms with E-state index in [-0.39, 0.29) is 34.5 Å². The van der Waals surface area contributed by atoms with Crippen molar-refractivity contribution in [3.05, 3.63) is 0 Å². The number of ketones is 1. The minimum atomic E-state index is 0.250. The van der Waals surface area contributed by atoms with Crippen LogP contribution in [0.25, 0.3) is 0 Å². The molecule has 2 saturated heterocycles. The Morgan fingerprint density at radius 3 is 1.50 bits per heavy atom. The molecule has 2 aliphatic heterocycles. The minimum absolute atomic E-state index is 0.250. The molecule has 188 valence electrons. The molecule has 2 heterocycles. The molecule has 2 rings (SSSR count). The predicted molar refractivity (Wildman–Crippen MR) is 134 cm³/mol. The van der Waals surface area contributed by atoms with Gasteiger partial charge in [-0.1, -0.05) is 62.3 Å². The first-order chi connectivity index (χ1) is 14.4. The van der Waals surface area contributed by atoms with E-state index in [4.69, 9.17) is 0 Å². The molecule has 0 aliphatic carbocycles. The van der Waals surface area contributed by atoms with E-state index in [9.17, 15) is 14.4 Å². The smallest absolute Gasteiger partial charge is 0.223 e. The van der Waals surface area contributed by atoms with Crippen molar-refractivity contribution in [3.63, 3.8) is 0 Å². The van der Waals surface area contributed by atoms with Crippen LogP contribution in [0.3, 0.4) is 0 Å². The molecule has 5 nitrogen and oxygen atoms in total. The number of Topliss-reactive ketones (excluding diaryl/α,β-unsaturated/α-hetero) is 1. The minimum Gasteiger partial charge on any atom is -0.356 e. The summed E-state index contributed by atoms with van der Waals surface area (Å²) in [7, 11) is 0. The zero-order valence-corrected chi connectivity index (χ0v) is 22.7. The van der Waals surface area contributed by atoms with Gasteiger partial charge in [0.25, 0.3) is 0 Å². The molecule has 32 heavy (non-hydrogen) atoms. The Balaban J connectivity index is 0.000000456. The van der Waals surface area contributed by atoms with E-state index >= 15 is 0 Å². The summed E-state index contributed by atoms with van der Waals surface area (Å²) in [6.07, 6.45) is 7.00. The summed E-state index contributed by atoms with van der Waals surface area (Å²) in [4.78, 5) is 33.0. The Hall–Kier alpha value is -1.39. The summed E-state index contributed by atoms with van der Waals surface area (Å²) in [5, 5.41) is 5.77. The van der Waals surface area contributed by atoms with Crippen LogP contribution in [0.15, 0.2) is 0 Å². The van der Waals surface area contributed by atoms with E-state index in [2.05, 4.69) is 72.9 Å². The average Bonchev–Trinajstić information content (AvgIpc) is 2.98. The molecule has 2 aliphatic rings. The maximum atomic E-state index is 11.4. The van der Waals surface area contributed by atoms with Gasteiger partial charge in [-0.3, -0.25) is 9.59 Å². The second-order valence-electron chi connectivity index (χ2n) is 13.2. The highest BCUT2D eigenvalue weighted by molar-refractivity contribution is 5.80. The molecular formula is C27H52N2O3. The lowest BCUT2D eigenvalue weighted by Gasteiger charge is -2.28. The lowest BCUT2D eigenvalue weighted by Crippen LogP contribution is -2.38. The molecule has 0 bridgehead atoms. The van der Waals surface area contributed by atoms with Gasteiger partial charge in [-0.25, -0.2) is 0 Å². The number of carbonyl (C=O) groups is 3. The third-order valence-electron chi connectivity index (χ3n) is 5.51. The first-order valence-electron chi connectivity index (χ1n) is 12.4. The van der Waals surface area contributed by atoms with E-state index in [1.165, 1.54) is 0 Å². The largest absolute Gasteiger partial charge is 0.356 e. The third kappa shape index (κ3) is 17.2. The summed E-state index contributed by atoms with van der Waals surface area (Å²) >= 11 is 0. The Morgan fingerprint density at radius 1 is 0.750 bits per heavy atom. The number of nitrogens with one attached hydrogen (secondary N) is 2. The molecule has 0 radical (unpaired) electrons. The number of amides is 2. The highest BCUT2D eigenvalue weighted by Crippen LogP contribution is 2.29. The Bertz CT molecular complexity index is 591. The van der Waals surface area contributed by atoms with E-state index in [1.807, 2.05) is 0 Å². The highest BCUT2D eigenvalue weighted by atomic mass is 16.2. The van der Waals surface area contributed by atoms with Gasteiger partial charge in [0, 0.05) is 31.3 Å². The topological polar surface area (TPSA) is 75.3 Å². The molecule has 0 aromatic rings. The summed E-state index contributed by atoms with van der Waals surface area (Å²) in [6, 6.07) is 0. The molecular weight excluding hydrogens is 400 g/mol. The first-order valence-corrected chi connectivity index (χ1v) is 12.4. The van der Waals surface area contributed by atoms with Crippen molar-refractivity contribution in [1.29, 1.82) is 0 Å². The van der Waals surface area contributed by atoms with Crippen molar-refractivity contribution in [2.75, 3.05) is 13.1 Å². The molecule has 2 amide bonds. The van der Waals surface area contributed by atoms with Gasteiger partial charge in [0.1, 0.15) is 5.78 Å². The lowest BCUT2D eigenvalue weighted by molar-refractivity contribution is -0.127. The van der Waals surface area contributed by atoms with Gasteiger partial charge in [-0.05, 0) is 61.7 Å². The van der Waals surface area contributed by atoms with Gasteiger partial charge < -0.3 is 15.4 Å². The molecule has 0 spiro atoms. The van der Waals surface area contributed by atoms with Crippen molar-refractivity contribution in [2.45, 2.75) is 114 Å². The monoisotopic (exact) mass is 452 g/mol. The summed E-state index contributed by atoms with van der Waals surface area (Å²) in [6.45, 7) is 22.9. The van der Waals surface area contributed by atoms with Crippen LogP contribution in [0.4, 0.5) is 0 Å². The van der Waals surface area contributed by atoms with Crippen LogP contribution in [0, 0.1) is 28.1 Å². The SMILES string of the molecule is CC(=O)CCC(C)(C)C.CC(C)(C)CC1CCCNC1=O.CC(C)(C)CC1CCNC1=O. The number of hydrogen-bond donors (Lipinski definition) is 2. The standard InChI is InChI=1S/C10H19NO.C9H17NO.C8H16O/c1-10(2,3)7-8-5-4-6-11-9(8)12;1-9(2,3)6-7-4-5-10-8(7)11;1-7(9)5-6-8(2,3)4/h8H,4-7H2,1-3H3,(H,11,12);7H,4-6H2,1-3H3,(H,10,11);5-6H2,1-4H3. The average molecular weight is 453 g/mol. The molecule has 0 saturated carbocycles. The fraction of sp³-hybridized carbons (Fsp3) is 0.889. The predicted octanol–water partition coefficient (Wildman–Crippen LogP) is 5.91. The Morgan fingerprint density at radius 2 is 1.19 bits per heavy atom. The zero-order chi connectivity index (χ0) is 25.2. The van der Waals surface area contributed by atoms with Crippen molar-refractivity contribution >= 4 is 17.6 Å².